The molecule has 2 atom stereocenters. The Kier molecular flexibility index (Phi) is 5.00. The Morgan fingerprint density at radius 2 is 1.74 bits per heavy atom. The normalized spacial score (nSPS) is 13.8. The Labute approximate surface area is 120 Å². The molecule has 0 radical (unpaired) electrons. The van der Waals surface area contributed by atoms with Crippen molar-refractivity contribution in [1.82, 2.24) is 0 Å². The van der Waals surface area contributed by atoms with Gasteiger partial charge in [0.15, 0.2) is 0 Å². The summed E-state index contributed by atoms with van der Waals surface area (Å²) in [5.41, 5.74) is 1.05. The van der Waals surface area contributed by atoms with Crippen LogP contribution in [-0.4, -0.2) is 16.0 Å². The molecule has 0 aliphatic heterocycles. The van der Waals surface area contributed by atoms with Crippen LogP contribution in [0.5, 0.6) is 5.75 Å². The first kappa shape index (κ1) is 14.1. The molecule has 19 heavy (non-hydrogen) atoms. The van der Waals surface area contributed by atoms with Crippen LogP contribution in [0.2, 0.25) is 0 Å². The molecule has 2 unspecified atom stereocenters. The summed E-state index contributed by atoms with van der Waals surface area (Å²) in [5, 5.41) is 0. The van der Waals surface area contributed by atoms with Crippen LogP contribution < -0.4 is 4.74 Å². The third kappa shape index (κ3) is 3.82. The molecule has 0 saturated carbocycles. The zero-order chi connectivity index (χ0) is 13.7. The fraction of sp³-hybridized carbons (Fsp3) is 0.200. The quantitative estimate of drug-likeness (QED) is 0.788. The first-order valence-corrected chi connectivity index (χ1v) is 7.58. The van der Waals surface area contributed by atoms with Gasteiger partial charge < -0.3 is 4.74 Å². The van der Waals surface area contributed by atoms with E-state index in [0.29, 0.717) is 6.42 Å². The first-order valence-electron chi connectivity index (χ1n) is 5.93. The minimum Gasteiger partial charge on any atom is -0.497 e. The molecule has 0 aromatic heterocycles. The predicted octanol–water partition coefficient (Wildman–Crippen LogP) is 3.61. The summed E-state index contributed by atoms with van der Waals surface area (Å²) in [7, 11) is 0.427. The lowest BCUT2D eigenvalue weighted by Gasteiger charge is -2.10. The van der Waals surface area contributed by atoms with E-state index in [9.17, 15) is 4.21 Å². The molecular weight excluding hydrogens is 280 g/mol. The summed E-state index contributed by atoms with van der Waals surface area (Å²) in [5.74, 6) is 0.805. The van der Waals surface area contributed by atoms with E-state index >= 15 is 0 Å². The Bertz CT molecular complexity index is 540. The van der Waals surface area contributed by atoms with E-state index in [1.54, 1.807) is 7.11 Å². The third-order valence-corrected chi connectivity index (χ3v) is 4.77. The monoisotopic (exact) mass is 294 g/mol. The van der Waals surface area contributed by atoms with E-state index < -0.39 is 15.5 Å². The van der Waals surface area contributed by atoms with Crippen molar-refractivity contribution in [2.45, 2.75) is 16.0 Å². The number of hydrogen-bond donors (Lipinski definition) is 0. The Balaban J connectivity index is 2.04. The highest BCUT2D eigenvalue weighted by molar-refractivity contribution is 7.87. The topological polar surface area (TPSA) is 26.3 Å². The SMILES string of the molecule is COc1ccc(CC(Cl)S(=O)c2ccccc2)cc1. The van der Waals surface area contributed by atoms with Gasteiger partial charge in [-0.2, -0.15) is 0 Å². The molecule has 2 rings (SSSR count). The van der Waals surface area contributed by atoms with Crippen molar-refractivity contribution in [2.75, 3.05) is 7.11 Å². The molecule has 0 aliphatic carbocycles. The van der Waals surface area contributed by atoms with Gasteiger partial charge >= 0.3 is 0 Å². The number of benzene rings is 2. The summed E-state index contributed by atoms with van der Waals surface area (Å²) in [4.78, 5) is 0.760. The van der Waals surface area contributed by atoms with Gasteiger partial charge in [0.2, 0.25) is 0 Å². The molecule has 2 aromatic carbocycles. The van der Waals surface area contributed by atoms with Gasteiger partial charge in [-0.15, -0.1) is 11.6 Å². The number of alkyl halides is 1. The van der Waals surface area contributed by atoms with E-state index in [1.165, 1.54) is 0 Å². The van der Waals surface area contributed by atoms with Crippen molar-refractivity contribution < 1.29 is 8.95 Å². The molecule has 0 aliphatic rings. The second-order valence-corrected chi connectivity index (χ2v) is 6.49. The molecule has 100 valence electrons. The standard InChI is InChI=1S/C15H15ClO2S/c1-18-13-9-7-12(8-10-13)11-15(16)19(17)14-5-3-2-4-6-14/h2-10,15H,11H2,1H3. The molecule has 2 nitrogen and oxygen atoms in total. The lowest BCUT2D eigenvalue weighted by molar-refractivity contribution is 0.414. The second kappa shape index (κ2) is 6.73. The number of rotatable bonds is 5. The zero-order valence-electron chi connectivity index (χ0n) is 10.6. The van der Waals surface area contributed by atoms with E-state index in [1.807, 2.05) is 54.6 Å². The van der Waals surface area contributed by atoms with Crippen LogP contribution in [0.25, 0.3) is 0 Å². The smallest absolute Gasteiger partial charge is 0.118 e. The first-order chi connectivity index (χ1) is 9.20. The Morgan fingerprint density at radius 1 is 1.11 bits per heavy atom. The summed E-state index contributed by atoms with van der Waals surface area (Å²) in [6, 6.07) is 16.9. The van der Waals surface area contributed by atoms with Gasteiger partial charge in [0.25, 0.3) is 0 Å². The van der Waals surface area contributed by atoms with Crippen molar-refractivity contribution in [3.63, 3.8) is 0 Å². The molecule has 0 saturated heterocycles. The van der Waals surface area contributed by atoms with E-state index in [4.69, 9.17) is 16.3 Å². The van der Waals surface area contributed by atoms with Crippen LogP contribution in [0, 0.1) is 0 Å². The average molecular weight is 295 g/mol. The maximum absolute atomic E-state index is 12.2. The largest absolute Gasteiger partial charge is 0.497 e. The van der Waals surface area contributed by atoms with Gasteiger partial charge in [-0.25, -0.2) is 0 Å². The summed E-state index contributed by atoms with van der Waals surface area (Å²) < 4.78 is 16.9. The Morgan fingerprint density at radius 3 is 2.32 bits per heavy atom. The lowest BCUT2D eigenvalue weighted by Crippen LogP contribution is -2.11. The number of halogens is 1. The molecule has 2 aromatic rings. The zero-order valence-corrected chi connectivity index (χ0v) is 12.2. The van der Waals surface area contributed by atoms with Crippen LogP contribution in [0.3, 0.4) is 0 Å². The van der Waals surface area contributed by atoms with Gasteiger partial charge in [0.1, 0.15) is 10.5 Å². The van der Waals surface area contributed by atoms with Gasteiger partial charge in [-0.3, -0.25) is 4.21 Å². The van der Waals surface area contributed by atoms with E-state index in [-0.39, 0.29) is 0 Å². The molecule has 0 spiro atoms. The number of hydrogen-bond acceptors (Lipinski definition) is 2. The van der Waals surface area contributed by atoms with Gasteiger partial charge in [-0.1, -0.05) is 30.3 Å². The molecule has 0 bridgehead atoms. The number of ether oxygens (including phenoxy) is 1. The molecule has 0 N–H and O–H groups in total. The highest BCUT2D eigenvalue weighted by Crippen LogP contribution is 2.19. The molecule has 0 fully saturated rings. The van der Waals surface area contributed by atoms with Crippen LogP contribution >= 0.6 is 11.6 Å². The highest BCUT2D eigenvalue weighted by Gasteiger charge is 2.15. The third-order valence-electron chi connectivity index (χ3n) is 2.76. The molecule has 0 heterocycles. The summed E-state index contributed by atoms with van der Waals surface area (Å²) in [6.07, 6.45) is 0.563. The van der Waals surface area contributed by atoms with Crippen LogP contribution in [0.4, 0.5) is 0 Å². The van der Waals surface area contributed by atoms with Gasteiger partial charge in [-0.05, 0) is 29.8 Å². The highest BCUT2D eigenvalue weighted by atomic mass is 35.5. The second-order valence-electron chi connectivity index (χ2n) is 4.07. The van der Waals surface area contributed by atoms with Crippen LogP contribution in [-0.2, 0) is 17.2 Å². The van der Waals surface area contributed by atoms with Crippen LogP contribution in [0.15, 0.2) is 59.5 Å². The predicted molar refractivity (Wildman–Crippen MR) is 79.2 cm³/mol. The van der Waals surface area contributed by atoms with E-state index in [0.717, 1.165) is 16.2 Å². The minimum absolute atomic E-state index is 0.434. The minimum atomic E-state index is -1.20. The van der Waals surface area contributed by atoms with E-state index in [2.05, 4.69) is 0 Å². The maximum Gasteiger partial charge on any atom is 0.118 e. The van der Waals surface area contributed by atoms with Gasteiger partial charge in [0, 0.05) is 11.3 Å². The average Bonchev–Trinajstić information content (AvgIpc) is 2.48. The lowest BCUT2D eigenvalue weighted by atomic mass is 10.2. The van der Waals surface area contributed by atoms with Crippen molar-refractivity contribution in [3.8, 4) is 5.75 Å². The Hall–Kier alpha value is -1.32. The van der Waals surface area contributed by atoms with Crippen molar-refractivity contribution >= 4 is 22.4 Å². The fourth-order valence-corrected chi connectivity index (χ4v) is 3.28. The van der Waals surface area contributed by atoms with Crippen molar-refractivity contribution in [3.05, 3.63) is 60.2 Å². The molecular formula is C15H15ClO2S. The fourth-order valence-electron chi connectivity index (χ4n) is 1.72. The summed E-state index contributed by atoms with van der Waals surface area (Å²) >= 11 is 6.24. The van der Waals surface area contributed by atoms with Crippen molar-refractivity contribution in [1.29, 1.82) is 0 Å². The maximum atomic E-state index is 12.2. The number of methoxy groups -OCH3 is 1. The van der Waals surface area contributed by atoms with Crippen molar-refractivity contribution in [2.24, 2.45) is 0 Å². The summed E-state index contributed by atoms with van der Waals surface area (Å²) in [6.45, 7) is 0. The van der Waals surface area contributed by atoms with Crippen LogP contribution in [0.1, 0.15) is 5.56 Å². The molecule has 0 amide bonds. The van der Waals surface area contributed by atoms with Gasteiger partial charge in [0.05, 0.1) is 17.9 Å². The molecule has 4 heteroatoms.